The Morgan fingerprint density at radius 3 is 2.50 bits per heavy atom. The van der Waals surface area contributed by atoms with Crippen molar-refractivity contribution in [2.75, 3.05) is 7.11 Å². The summed E-state index contributed by atoms with van der Waals surface area (Å²) in [5, 5.41) is 4.12. The van der Waals surface area contributed by atoms with E-state index in [1.165, 1.54) is 19.3 Å². The summed E-state index contributed by atoms with van der Waals surface area (Å²) in [5.41, 5.74) is 0.530. The Labute approximate surface area is 165 Å². The van der Waals surface area contributed by atoms with E-state index in [-0.39, 0.29) is 16.9 Å². The average Bonchev–Trinajstić information content (AvgIpc) is 3.40. The van der Waals surface area contributed by atoms with Crippen molar-refractivity contribution >= 4 is 10.0 Å². The van der Waals surface area contributed by atoms with Gasteiger partial charge in [-0.15, -0.1) is 0 Å². The Bertz CT molecular complexity index is 913. The third-order valence-corrected chi connectivity index (χ3v) is 7.31. The Morgan fingerprint density at radius 2 is 1.79 bits per heavy atom. The van der Waals surface area contributed by atoms with Crippen LogP contribution in [0.2, 0.25) is 0 Å². The molecular formula is C20H27N3O4S. The van der Waals surface area contributed by atoms with Crippen molar-refractivity contribution in [2.24, 2.45) is 0 Å². The van der Waals surface area contributed by atoms with Crippen molar-refractivity contribution in [3.05, 3.63) is 24.1 Å². The predicted octanol–water partition coefficient (Wildman–Crippen LogP) is 4.01. The molecule has 1 aromatic heterocycles. The molecule has 0 bridgehead atoms. The minimum absolute atomic E-state index is 0.0126. The third-order valence-electron chi connectivity index (χ3n) is 5.80. The first-order chi connectivity index (χ1) is 13.6. The molecule has 2 aliphatic rings. The van der Waals surface area contributed by atoms with Gasteiger partial charge in [0, 0.05) is 12.0 Å². The van der Waals surface area contributed by atoms with Crippen LogP contribution in [0.5, 0.6) is 5.75 Å². The van der Waals surface area contributed by atoms with E-state index in [0.717, 1.165) is 38.5 Å². The summed E-state index contributed by atoms with van der Waals surface area (Å²) >= 11 is 0. The van der Waals surface area contributed by atoms with Crippen LogP contribution < -0.4 is 9.46 Å². The molecule has 1 heterocycles. The molecule has 28 heavy (non-hydrogen) atoms. The van der Waals surface area contributed by atoms with Crippen LogP contribution in [0.15, 0.2) is 27.6 Å². The molecule has 0 saturated heterocycles. The monoisotopic (exact) mass is 405 g/mol. The predicted molar refractivity (Wildman–Crippen MR) is 105 cm³/mol. The average molecular weight is 406 g/mol. The third kappa shape index (κ3) is 4.07. The van der Waals surface area contributed by atoms with Gasteiger partial charge in [-0.1, -0.05) is 37.3 Å². The van der Waals surface area contributed by atoms with E-state index in [9.17, 15) is 8.42 Å². The van der Waals surface area contributed by atoms with Crippen LogP contribution in [-0.2, 0) is 10.0 Å². The van der Waals surface area contributed by atoms with E-state index in [1.54, 1.807) is 25.3 Å². The lowest BCUT2D eigenvalue weighted by Gasteiger charge is -2.17. The summed E-state index contributed by atoms with van der Waals surface area (Å²) in [4.78, 5) is 4.76. The molecule has 0 aliphatic heterocycles. The van der Waals surface area contributed by atoms with Gasteiger partial charge >= 0.3 is 0 Å². The van der Waals surface area contributed by atoms with Crippen LogP contribution >= 0.6 is 0 Å². The molecular weight excluding hydrogens is 378 g/mol. The Kier molecular flexibility index (Phi) is 5.68. The quantitative estimate of drug-likeness (QED) is 0.780. The molecule has 0 unspecified atom stereocenters. The van der Waals surface area contributed by atoms with Crippen LogP contribution in [0.4, 0.5) is 0 Å². The van der Waals surface area contributed by atoms with Crippen molar-refractivity contribution in [1.82, 2.24) is 14.9 Å². The van der Waals surface area contributed by atoms with Gasteiger partial charge in [0.25, 0.3) is 0 Å². The molecule has 2 saturated carbocycles. The van der Waals surface area contributed by atoms with Gasteiger partial charge in [-0.05, 0) is 43.9 Å². The molecule has 1 aromatic carbocycles. The van der Waals surface area contributed by atoms with Gasteiger partial charge in [-0.25, -0.2) is 13.1 Å². The zero-order valence-corrected chi connectivity index (χ0v) is 17.0. The van der Waals surface area contributed by atoms with Crippen LogP contribution in [0.1, 0.15) is 69.6 Å². The maximum Gasteiger partial charge on any atom is 0.240 e. The second kappa shape index (κ2) is 8.21. The number of ether oxygens (including phenoxy) is 1. The number of hydrogen-bond acceptors (Lipinski definition) is 6. The van der Waals surface area contributed by atoms with Crippen LogP contribution in [0.25, 0.3) is 11.4 Å². The molecule has 4 rings (SSSR count). The van der Waals surface area contributed by atoms with E-state index in [0.29, 0.717) is 23.0 Å². The topological polar surface area (TPSA) is 94.3 Å². The van der Waals surface area contributed by atoms with E-state index >= 15 is 0 Å². The first-order valence-electron chi connectivity index (χ1n) is 10.1. The minimum atomic E-state index is -3.60. The fourth-order valence-electron chi connectivity index (χ4n) is 4.22. The van der Waals surface area contributed by atoms with Crippen LogP contribution in [0.3, 0.4) is 0 Å². The van der Waals surface area contributed by atoms with E-state index in [4.69, 9.17) is 9.26 Å². The molecule has 8 heteroatoms. The van der Waals surface area contributed by atoms with Gasteiger partial charge in [-0.2, -0.15) is 4.98 Å². The van der Waals surface area contributed by atoms with Gasteiger partial charge < -0.3 is 9.26 Å². The van der Waals surface area contributed by atoms with Crippen molar-refractivity contribution in [2.45, 2.75) is 74.6 Å². The SMILES string of the molecule is COc1ccc(S(=O)(=O)NC2CCCC2)cc1-c1noc(C2CCCCC2)n1. The lowest BCUT2D eigenvalue weighted by atomic mass is 9.89. The van der Waals surface area contributed by atoms with Crippen molar-refractivity contribution in [3.63, 3.8) is 0 Å². The highest BCUT2D eigenvalue weighted by molar-refractivity contribution is 7.89. The molecule has 2 fully saturated rings. The summed E-state index contributed by atoms with van der Waals surface area (Å²) in [6, 6.07) is 4.79. The second-order valence-corrected chi connectivity index (χ2v) is 9.47. The Hall–Kier alpha value is -1.93. The van der Waals surface area contributed by atoms with Gasteiger partial charge in [0.05, 0.1) is 17.6 Å². The number of nitrogens with one attached hydrogen (secondary N) is 1. The van der Waals surface area contributed by atoms with Crippen molar-refractivity contribution in [3.8, 4) is 17.1 Å². The smallest absolute Gasteiger partial charge is 0.240 e. The lowest BCUT2D eigenvalue weighted by molar-refractivity contribution is 0.314. The van der Waals surface area contributed by atoms with Crippen molar-refractivity contribution in [1.29, 1.82) is 0 Å². The summed E-state index contributed by atoms with van der Waals surface area (Å²) in [6.45, 7) is 0. The summed E-state index contributed by atoms with van der Waals surface area (Å²) < 4.78 is 39.4. The molecule has 2 aliphatic carbocycles. The molecule has 7 nitrogen and oxygen atoms in total. The van der Waals surface area contributed by atoms with E-state index < -0.39 is 10.0 Å². The number of sulfonamides is 1. The molecule has 2 aromatic rings. The van der Waals surface area contributed by atoms with Gasteiger partial charge in [0.1, 0.15) is 5.75 Å². The first kappa shape index (κ1) is 19.4. The number of nitrogens with zero attached hydrogens (tertiary/aromatic N) is 2. The van der Waals surface area contributed by atoms with E-state index in [2.05, 4.69) is 14.9 Å². The molecule has 152 valence electrons. The fraction of sp³-hybridized carbons (Fsp3) is 0.600. The summed E-state index contributed by atoms with van der Waals surface area (Å²) in [5.74, 6) is 1.82. The number of hydrogen-bond donors (Lipinski definition) is 1. The van der Waals surface area contributed by atoms with E-state index in [1.807, 2.05) is 0 Å². The van der Waals surface area contributed by atoms with Gasteiger partial charge in [0.2, 0.25) is 21.7 Å². The zero-order chi connectivity index (χ0) is 19.6. The van der Waals surface area contributed by atoms with Crippen LogP contribution in [-0.4, -0.2) is 31.7 Å². The molecule has 0 radical (unpaired) electrons. The number of benzene rings is 1. The van der Waals surface area contributed by atoms with Gasteiger partial charge in [0.15, 0.2) is 0 Å². The highest BCUT2D eigenvalue weighted by Gasteiger charge is 2.26. The minimum Gasteiger partial charge on any atom is -0.496 e. The highest BCUT2D eigenvalue weighted by Crippen LogP contribution is 2.35. The highest BCUT2D eigenvalue weighted by atomic mass is 32.2. The summed E-state index contributed by atoms with van der Waals surface area (Å²) in [7, 11) is -2.06. The number of methoxy groups -OCH3 is 1. The molecule has 0 spiro atoms. The van der Waals surface area contributed by atoms with Crippen molar-refractivity contribution < 1.29 is 17.7 Å². The zero-order valence-electron chi connectivity index (χ0n) is 16.2. The number of rotatable bonds is 6. The Morgan fingerprint density at radius 1 is 1.07 bits per heavy atom. The number of aromatic nitrogens is 2. The Balaban J connectivity index is 1.63. The largest absolute Gasteiger partial charge is 0.496 e. The normalized spacial score (nSPS) is 19.2. The lowest BCUT2D eigenvalue weighted by Crippen LogP contribution is -2.32. The standard InChI is InChI=1S/C20H27N3O4S/c1-26-18-12-11-16(28(24,25)23-15-9-5-6-10-15)13-17(18)19-21-20(27-22-19)14-7-3-2-4-8-14/h11-15,23H,2-10H2,1H3. The first-order valence-corrected chi connectivity index (χ1v) is 11.6. The maximum atomic E-state index is 12.8. The fourth-order valence-corrected chi connectivity index (χ4v) is 5.55. The van der Waals surface area contributed by atoms with Crippen LogP contribution in [0, 0.1) is 0 Å². The molecule has 1 N–H and O–H groups in total. The van der Waals surface area contributed by atoms with Gasteiger partial charge in [-0.3, -0.25) is 0 Å². The second-order valence-electron chi connectivity index (χ2n) is 7.76. The summed E-state index contributed by atoms with van der Waals surface area (Å²) in [6.07, 6.45) is 9.60. The molecule has 0 amide bonds. The molecule has 0 atom stereocenters. The maximum absolute atomic E-state index is 12.8.